The molecule has 0 spiro atoms. The van der Waals surface area contributed by atoms with Crippen LogP contribution in [0.15, 0.2) is 4.99 Å². The molecule has 6 nitrogen and oxygen atoms in total. The van der Waals surface area contributed by atoms with Gasteiger partial charge in [0.2, 0.25) is 5.91 Å². The lowest BCUT2D eigenvalue weighted by molar-refractivity contribution is -0.135. The Balaban J connectivity index is 1.44. The number of carbonyl (C=O) groups is 1. The van der Waals surface area contributed by atoms with E-state index in [1.807, 2.05) is 0 Å². The van der Waals surface area contributed by atoms with Crippen molar-refractivity contribution >= 4 is 11.9 Å². The number of aliphatic imine (C=N–C) groups is 1. The third-order valence-corrected chi connectivity index (χ3v) is 5.88. The molecule has 1 amide bonds. The molecule has 3 fully saturated rings. The standard InChI is InChI=1S/C20H36N4O2/c1-2-21-20(22-12-10-18-9-6-14-26-18)23-17-11-13-24(15-17)19(25)16-7-4-3-5-8-16/h16-18H,2-15H2,1H3,(H2,21,22,23). The first-order valence-electron chi connectivity index (χ1n) is 10.7. The fourth-order valence-corrected chi connectivity index (χ4v) is 4.39. The number of rotatable bonds is 6. The first-order valence-corrected chi connectivity index (χ1v) is 10.7. The smallest absolute Gasteiger partial charge is 0.225 e. The lowest BCUT2D eigenvalue weighted by Gasteiger charge is -2.26. The maximum atomic E-state index is 12.7. The predicted molar refractivity (Wildman–Crippen MR) is 104 cm³/mol. The molecule has 2 heterocycles. The van der Waals surface area contributed by atoms with Crippen LogP contribution in [0.25, 0.3) is 0 Å². The minimum atomic E-state index is 0.274. The average molecular weight is 365 g/mol. The molecule has 3 aliphatic rings. The lowest BCUT2D eigenvalue weighted by atomic mass is 9.88. The van der Waals surface area contributed by atoms with Crippen molar-refractivity contribution in [3.05, 3.63) is 0 Å². The van der Waals surface area contributed by atoms with Gasteiger partial charge in [0, 0.05) is 44.7 Å². The number of hydrogen-bond acceptors (Lipinski definition) is 3. The number of carbonyl (C=O) groups excluding carboxylic acids is 1. The maximum Gasteiger partial charge on any atom is 0.225 e. The van der Waals surface area contributed by atoms with Gasteiger partial charge in [0.1, 0.15) is 0 Å². The number of hydrogen-bond donors (Lipinski definition) is 2. The first-order chi connectivity index (χ1) is 12.8. The van der Waals surface area contributed by atoms with Gasteiger partial charge in [-0.05, 0) is 45.4 Å². The molecule has 0 bridgehead atoms. The van der Waals surface area contributed by atoms with Crippen LogP contribution < -0.4 is 10.6 Å². The lowest BCUT2D eigenvalue weighted by Crippen LogP contribution is -2.45. The molecule has 1 aliphatic carbocycles. The monoisotopic (exact) mass is 364 g/mol. The van der Waals surface area contributed by atoms with E-state index < -0.39 is 0 Å². The van der Waals surface area contributed by atoms with Gasteiger partial charge in [-0.25, -0.2) is 0 Å². The number of ether oxygens (including phenoxy) is 1. The van der Waals surface area contributed by atoms with Gasteiger partial charge in [-0.3, -0.25) is 9.79 Å². The maximum absolute atomic E-state index is 12.7. The third-order valence-electron chi connectivity index (χ3n) is 5.88. The Morgan fingerprint density at radius 3 is 2.73 bits per heavy atom. The molecule has 0 aromatic carbocycles. The molecule has 148 valence electrons. The normalized spacial score (nSPS) is 27.7. The Morgan fingerprint density at radius 1 is 1.15 bits per heavy atom. The zero-order chi connectivity index (χ0) is 18.2. The number of nitrogens with one attached hydrogen (secondary N) is 2. The van der Waals surface area contributed by atoms with Crippen LogP contribution in [0.2, 0.25) is 0 Å². The van der Waals surface area contributed by atoms with Crippen molar-refractivity contribution in [1.82, 2.24) is 15.5 Å². The largest absolute Gasteiger partial charge is 0.378 e. The fourth-order valence-electron chi connectivity index (χ4n) is 4.39. The van der Waals surface area contributed by atoms with Crippen LogP contribution in [0.1, 0.15) is 64.7 Å². The van der Waals surface area contributed by atoms with E-state index in [2.05, 4.69) is 22.5 Å². The quantitative estimate of drug-likeness (QED) is 0.561. The van der Waals surface area contributed by atoms with E-state index in [1.165, 1.54) is 32.1 Å². The molecule has 2 saturated heterocycles. The minimum Gasteiger partial charge on any atom is -0.378 e. The molecule has 0 aromatic heterocycles. The molecule has 3 rings (SSSR count). The van der Waals surface area contributed by atoms with Crippen molar-refractivity contribution in [1.29, 1.82) is 0 Å². The van der Waals surface area contributed by atoms with Crippen LogP contribution in [-0.4, -0.2) is 61.7 Å². The summed E-state index contributed by atoms with van der Waals surface area (Å²) in [6, 6.07) is 0.308. The van der Waals surface area contributed by atoms with Crippen LogP contribution >= 0.6 is 0 Å². The molecule has 6 heteroatoms. The van der Waals surface area contributed by atoms with E-state index in [9.17, 15) is 4.79 Å². The molecule has 2 atom stereocenters. The Hall–Kier alpha value is -1.30. The van der Waals surface area contributed by atoms with E-state index in [0.29, 0.717) is 18.1 Å². The van der Waals surface area contributed by atoms with Gasteiger partial charge in [-0.15, -0.1) is 0 Å². The van der Waals surface area contributed by atoms with Gasteiger partial charge in [0.05, 0.1) is 6.10 Å². The van der Waals surface area contributed by atoms with Gasteiger partial charge < -0.3 is 20.3 Å². The molecular formula is C20H36N4O2. The minimum absolute atomic E-state index is 0.274. The molecule has 0 radical (unpaired) electrons. The van der Waals surface area contributed by atoms with Crippen molar-refractivity contribution in [2.75, 3.05) is 32.8 Å². The van der Waals surface area contributed by atoms with Crippen LogP contribution in [0.3, 0.4) is 0 Å². The summed E-state index contributed by atoms with van der Waals surface area (Å²) in [4.78, 5) is 19.5. The highest BCUT2D eigenvalue weighted by atomic mass is 16.5. The van der Waals surface area contributed by atoms with Crippen molar-refractivity contribution in [3.8, 4) is 0 Å². The summed E-state index contributed by atoms with van der Waals surface area (Å²) in [5.74, 6) is 1.53. The highest BCUT2D eigenvalue weighted by Crippen LogP contribution is 2.26. The van der Waals surface area contributed by atoms with Gasteiger partial charge >= 0.3 is 0 Å². The summed E-state index contributed by atoms with van der Waals surface area (Å²) in [5.41, 5.74) is 0. The highest BCUT2D eigenvalue weighted by molar-refractivity contribution is 5.81. The third kappa shape index (κ3) is 5.60. The second-order valence-electron chi connectivity index (χ2n) is 7.93. The van der Waals surface area contributed by atoms with Crippen LogP contribution in [0, 0.1) is 5.92 Å². The average Bonchev–Trinajstić information content (AvgIpc) is 3.34. The summed E-state index contributed by atoms with van der Waals surface area (Å²) in [6.07, 6.45) is 10.6. The number of guanidine groups is 1. The first kappa shape index (κ1) is 19.5. The summed E-state index contributed by atoms with van der Waals surface area (Å²) in [6.45, 7) is 6.32. The van der Waals surface area contributed by atoms with Crippen molar-refractivity contribution < 1.29 is 9.53 Å². The zero-order valence-corrected chi connectivity index (χ0v) is 16.3. The van der Waals surface area contributed by atoms with Gasteiger partial charge in [0.25, 0.3) is 0 Å². The summed E-state index contributed by atoms with van der Waals surface area (Å²) >= 11 is 0. The van der Waals surface area contributed by atoms with E-state index in [-0.39, 0.29) is 5.92 Å². The number of amides is 1. The Morgan fingerprint density at radius 2 is 2.00 bits per heavy atom. The predicted octanol–water partition coefficient (Wildman–Crippen LogP) is 2.29. The summed E-state index contributed by atoms with van der Waals surface area (Å²) in [5, 5.41) is 6.87. The van der Waals surface area contributed by atoms with Crippen LogP contribution in [0.5, 0.6) is 0 Å². The molecule has 26 heavy (non-hydrogen) atoms. The van der Waals surface area contributed by atoms with Crippen LogP contribution in [0.4, 0.5) is 0 Å². The molecule has 2 aliphatic heterocycles. The molecule has 1 saturated carbocycles. The number of nitrogens with zero attached hydrogens (tertiary/aromatic N) is 2. The zero-order valence-electron chi connectivity index (χ0n) is 16.3. The van der Waals surface area contributed by atoms with Gasteiger partial charge in [0.15, 0.2) is 5.96 Å². The number of likely N-dealkylation sites (tertiary alicyclic amines) is 1. The SMILES string of the molecule is CCNC(=NCCC1CCCO1)NC1CCN(C(=O)C2CCCCC2)C1. The molecule has 2 unspecified atom stereocenters. The van der Waals surface area contributed by atoms with Crippen molar-refractivity contribution in [2.45, 2.75) is 76.9 Å². The van der Waals surface area contributed by atoms with Crippen molar-refractivity contribution in [2.24, 2.45) is 10.9 Å². The Bertz CT molecular complexity index is 470. The van der Waals surface area contributed by atoms with E-state index in [0.717, 1.165) is 64.4 Å². The molecule has 0 aromatic rings. The molecule has 2 N–H and O–H groups in total. The summed E-state index contributed by atoms with van der Waals surface area (Å²) < 4.78 is 5.67. The Kier molecular flexibility index (Phi) is 7.59. The van der Waals surface area contributed by atoms with Crippen molar-refractivity contribution in [3.63, 3.8) is 0 Å². The van der Waals surface area contributed by atoms with Gasteiger partial charge in [-0.1, -0.05) is 19.3 Å². The van der Waals surface area contributed by atoms with E-state index in [1.54, 1.807) is 0 Å². The second-order valence-corrected chi connectivity index (χ2v) is 7.93. The van der Waals surface area contributed by atoms with E-state index >= 15 is 0 Å². The van der Waals surface area contributed by atoms with Gasteiger partial charge in [-0.2, -0.15) is 0 Å². The summed E-state index contributed by atoms with van der Waals surface area (Å²) in [7, 11) is 0. The second kappa shape index (κ2) is 10.1. The van der Waals surface area contributed by atoms with E-state index in [4.69, 9.17) is 9.73 Å². The highest BCUT2D eigenvalue weighted by Gasteiger charge is 2.31. The molecular weight excluding hydrogens is 328 g/mol. The fraction of sp³-hybridized carbons (Fsp3) is 0.900. The topological polar surface area (TPSA) is 66.0 Å². The Labute approximate surface area is 158 Å². The van der Waals surface area contributed by atoms with Crippen LogP contribution in [-0.2, 0) is 9.53 Å².